The first-order valence-electron chi connectivity index (χ1n) is 17.8. The van der Waals surface area contributed by atoms with E-state index in [1.54, 1.807) is 21.7 Å². The van der Waals surface area contributed by atoms with Crippen LogP contribution in [0.5, 0.6) is 0 Å². The number of carbonyl (C=O) groups excluding carboxylic acids is 5. The van der Waals surface area contributed by atoms with Gasteiger partial charge in [0, 0.05) is 49.5 Å². The van der Waals surface area contributed by atoms with E-state index >= 15 is 0 Å². The van der Waals surface area contributed by atoms with Gasteiger partial charge in [-0.25, -0.2) is 0 Å². The molecule has 3 unspecified atom stereocenters. The Morgan fingerprint density at radius 1 is 1.02 bits per heavy atom. The number of amides is 4. The van der Waals surface area contributed by atoms with Crippen LogP contribution in [0.2, 0.25) is 0 Å². The summed E-state index contributed by atoms with van der Waals surface area (Å²) < 4.78 is 17.5. The quantitative estimate of drug-likeness (QED) is 0.105. The minimum Gasteiger partial charge on any atom is -0.756 e. The van der Waals surface area contributed by atoms with E-state index in [9.17, 15) is 33.4 Å². The van der Waals surface area contributed by atoms with Gasteiger partial charge in [-0.1, -0.05) is 58.2 Å². The Bertz CT molecular complexity index is 1580. The summed E-state index contributed by atoms with van der Waals surface area (Å²) in [6.45, 7) is 5.74. The van der Waals surface area contributed by atoms with Crippen molar-refractivity contribution in [2.75, 3.05) is 13.2 Å². The number of aromatic nitrogens is 1. The van der Waals surface area contributed by atoms with E-state index in [4.69, 9.17) is 4.89 Å². The maximum absolute atomic E-state index is 14.2. The first-order chi connectivity index (χ1) is 23.8. The van der Waals surface area contributed by atoms with Crippen LogP contribution < -0.4 is 72.2 Å². The second-order valence-electron chi connectivity index (χ2n) is 13.4. The van der Waals surface area contributed by atoms with Gasteiger partial charge in [-0.15, -0.1) is 0 Å². The van der Waals surface area contributed by atoms with Crippen LogP contribution in [0.15, 0.2) is 30.5 Å². The van der Waals surface area contributed by atoms with Gasteiger partial charge in [0.25, 0.3) is 7.82 Å². The van der Waals surface area contributed by atoms with E-state index in [0.717, 1.165) is 23.7 Å². The van der Waals surface area contributed by atoms with E-state index in [-0.39, 0.29) is 95.0 Å². The van der Waals surface area contributed by atoms with Gasteiger partial charge in [0.05, 0.1) is 6.61 Å². The van der Waals surface area contributed by atoms with E-state index in [2.05, 4.69) is 20.5 Å². The maximum Gasteiger partial charge on any atom is 1.00 e. The predicted octanol–water partition coefficient (Wildman–Crippen LogP) is -0.510. The third kappa shape index (κ3) is 12.3. The molecule has 4 rings (SSSR count). The van der Waals surface area contributed by atoms with Crippen molar-refractivity contribution in [3.63, 3.8) is 0 Å². The molecule has 0 aliphatic carbocycles. The van der Waals surface area contributed by atoms with Crippen molar-refractivity contribution in [3.05, 3.63) is 36.0 Å². The number of nitrogens with one attached hydrogen (secondary N) is 3. The Balaban J connectivity index is 0.00000702. The Hall–Kier alpha value is -1.94. The summed E-state index contributed by atoms with van der Waals surface area (Å²) in [6.07, 6.45) is 7.41. The van der Waals surface area contributed by atoms with Gasteiger partial charge in [0.15, 0.2) is 0 Å². The Kier molecular flexibility index (Phi) is 17.5. The summed E-state index contributed by atoms with van der Waals surface area (Å²) in [5, 5.41) is 9.49. The molecule has 14 nitrogen and oxygen atoms in total. The van der Waals surface area contributed by atoms with E-state index < -0.39 is 49.7 Å². The summed E-state index contributed by atoms with van der Waals surface area (Å²) >= 11 is 0. The average molecular weight is 756 g/mol. The van der Waals surface area contributed by atoms with Crippen LogP contribution in [-0.2, 0) is 46.0 Å². The van der Waals surface area contributed by atoms with Crippen molar-refractivity contribution in [3.8, 4) is 0 Å². The molecule has 0 spiro atoms. The zero-order valence-electron chi connectivity index (χ0n) is 30.2. The van der Waals surface area contributed by atoms with Crippen LogP contribution in [0.25, 0.3) is 10.9 Å². The summed E-state index contributed by atoms with van der Waals surface area (Å²) in [5.41, 5.74) is 1.39. The molecular formula is C35H51KN5O9P. The third-order valence-corrected chi connectivity index (χ3v) is 10.4. The van der Waals surface area contributed by atoms with Crippen LogP contribution in [0.4, 0.5) is 0 Å². The first-order valence-corrected chi connectivity index (χ1v) is 19.3. The number of piperidine rings is 1. The summed E-state index contributed by atoms with van der Waals surface area (Å²) in [7, 11) is -4.92. The number of ketones is 1. The number of Topliss-reactive ketones (excluding diaryl/α,β-unsaturated/α-hetero) is 1. The third-order valence-electron chi connectivity index (χ3n) is 9.86. The summed E-state index contributed by atoms with van der Waals surface area (Å²) in [5.74, 6) is -1.88. The number of rotatable bonds is 15. The molecule has 1 aromatic heterocycles. The van der Waals surface area contributed by atoms with Crippen LogP contribution in [0, 0.1) is 5.92 Å². The normalized spacial score (nSPS) is 23.4. The Morgan fingerprint density at radius 3 is 2.43 bits per heavy atom. The number of phosphoric ester groups is 1. The zero-order chi connectivity index (χ0) is 36.4. The first kappa shape index (κ1) is 43.5. The number of hydrogen-bond acceptors (Lipinski definition) is 8. The summed E-state index contributed by atoms with van der Waals surface area (Å²) in [6, 6.07) is 3.51. The Labute approximate surface area is 342 Å². The fourth-order valence-electron chi connectivity index (χ4n) is 6.77. The van der Waals surface area contributed by atoms with Crippen molar-refractivity contribution >= 4 is 48.1 Å². The largest absolute Gasteiger partial charge is 1.00 e. The zero-order valence-corrected chi connectivity index (χ0v) is 34.2. The molecule has 2 fully saturated rings. The number of benzene rings is 1. The number of fused-ring (bicyclic) bond motifs is 2. The molecule has 51 heavy (non-hydrogen) atoms. The molecule has 4 N–H and O–H groups in total. The van der Waals surface area contributed by atoms with Crippen molar-refractivity contribution in [2.24, 2.45) is 5.92 Å². The minimum atomic E-state index is -4.92. The van der Waals surface area contributed by atoms with Gasteiger partial charge in [-0.3, -0.25) is 28.5 Å². The number of para-hydroxylation sites is 1. The van der Waals surface area contributed by atoms with Gasteiger partial charge >= 0.3 is 51.4 Å². The van der Waals surface area contributed by atoms with Crippen LogP contribution >= 0.6 is 7.82 Å². The molecule has 276 valence electrons. The topological polar surface area (TPSA) is 199 Å². The maximum atomic E-state index is 14.2. The van der Waals surface area contributed by atoms with E-state index in [1.165, 1.54) is 0 Å². The molecule has 2 saturated heterocycles. The fourth-order valence-corrected chi connectivity index (χ4v) is 7.08. The number of phosphoric acid groups is 1. The van der Waals surface area contributed by atoms with Crippen LogP contribution in [0.3, 0.4) is 0 Å². The van der Waals surface area contributed by atoms with Crippen molar-refractivity contribution < 1.29 is 94.2 Å². The number of unbranched alkanes of at least 4 members (excludes halogenated alkanes) is 2. The van der Waals surface area contributed by atoms with Crippen molar-refractivity contribution in [1.82, 2.24) is 25.4 Å². The number of carbonyl (C=O) groups is 5. The van der Waals surface area contributed by atoms with Gasteiger partial charge in [0.1, 0.15) is 30.0 Å². The second-order valence-corrected chi connectivity index (χ2v) is 14.6. The van der Waals surface area contributed by atoms with Gasteiger partial charge in [-0.2, -0.15) is 0 Å². The monoisotopic (exact) mass is 755 g/mol. The molecule has 6 atom stereocenters. The fraction of sp³-hybridized carbons (Fsp3) is 0.629. The summed E-state index contributed by atoms with van der Waals surface area (Å²) in [4.78, 5) is 89.6. The van der Waals surface area contributed by atoms with E-state index in [1.807, 2.05) is 39.0 Å². The van der Waals surface area contributed by atoms with Crippen molar-refractivity contribution in [2.45, 2.75) is 122 Å². The molecule has 0 bridgehead atoms. The Morgan fingerprint density at radius 2 is 1.73 bits per heavy atom. The smallest absolute Gasteiger partial charge is 0.756 e. The molecule has 1 aromatic carbocycles. The van der Waals surface area contributed by atoms with Gasteiger partial charge < -0.3 is 39.7 Å². The molecule has 16 heteroatoms. The molecule has 3 heterocycles. The van der Waals surface area contributed by atoms with Crippen LogP contribution in [0.1, 0.15) is 90.5 Å². The second kappa shape index (κ2) is 20.5. The molecule has 2 aromatic rings. The standard InChI is InChI=1S/C35H52N5O9P.K/c1-4-23(3)31-35(45)40-18-12-11-17-30(40)34(44)36-27(15-8-6-7-13-25(41)5-2)32(42)37-28(33(43)38-31)21-24-22-39(19-20-49-50(46,47)48)29-16-10-9-14-26(24)29;/h9-10,14,16,22-23,27-28,30-31H,4-8,11-13,15,17-21H2,1-3H3,(H,36,44)(H,37,42)(H,38,43)(H2,46,47,48);/q;+1/p-1/t23?,27-,28-,30?,31-;/m0./s1. The number of nitrogens with zero attached hydrogens (tertiary/aromatic N) is 2. The van der Waals surface area contributed by atoms with Crippen molar-refractivity contribution in [1.29, 1.82) is 0 Å². The SMILES string of the molecule is CCC(=O)CCCCC[C@@H]1NC(=O)C2CCCCN2C(=O)[C@H](C(C)CC)NC(=O)[C@H](Cc2cn(CCOP(=O)([O-])O)c3ccccc23)NC1=O.[K+]. The van der Waals surface area contributed by atoms with Gasteiger partial charge in [0.2, 0.25) is 23.6 Å². The molecule has 0 radical (unpaired) electrons. The predicted molar refractivity (Wildman–Crippen MR) is 184 cm³/mol. The average Bonchev–Trinajstić information content (AvgIpc) is 3.44. The minimum absolute atomic E-state index is 0. The van der Waals surface area contributed by atoms with E-state index in [0.29, 0.717) is 57.1 Å². The van der Waals surface area contributed by atoms with Gasteiger partial charge in [-0.05, 0) is 49.7 Å². The molecule has 4 amide bonds. The molecular weight excluding hydrogens is 704 g/mol. The molecule has 0 saturated carbocycles. The van der Waals surface area contributed by atoms with Crippen LogP contribution in [-0.4, -0.2) is 81.1 Å². The number of hydrogen-bond donors (Lipinski definition) is 4. The molecule has 2 aliphatic heterocycles. The molecule has 2 aliphatic rings.